The first kappa shape index (κ1) is 13.8. The van der Waals surface area contributed by atoms with Crippen LogP contribution in [0.1, 0.15) is 5.56 Å². The number of hydrogen-bond donors (Lipinski definition) is 0. The van der Waals surface area contributed by atoms with Crippen LogP contribution in [0.5, 0.6) is 11.6 Å². The Bertz CT molecular complexity index is 386. The molecular formula is C8H6BrF3INO2. The van der Waals surface area contributed by atoms with Crippen molar-refractivity contribution in [1.29, 1.82) is 0 Å². The second kappa shape index (κ2) is 5.39. The van der Waals surface area contributed by atoms with Crippen LogP contribution in [-0.4, -0.2) is 18.5 Å². The minimum atomic E-state index is -4.76. The Morgan fingerprint density at radius 1 is 1.50 bits per heavy atom. The average molecular weight is 412 g/mol. The van der Waals surface area contributed by atoms with Crippen molar-refractivity contribution >= 4 is 38.5 Å². The number of nitrogens with zero attached hydrogens (tertiary/aromatic N) is 1. The van der Waals surface area contributed by atoms with Crippen molar-refractivity contribution in [3.8, 4) is 11.6 Å². The maximum absolute atomic E-state index is 12.2. The summed E-state index contributed by atoms with van der Waals surface area (Å²) in [6, 6.07) is 0. The summed E-state index contributed by atoms with van der Waals surface area (Å²) in [5, 5.41) is 0.385. The highest BCUT2D eigenvalue weighted by Gasteiger charge is 2.34. The van der Waals surface area contributed by atoms with Gasteiger partial charge in [0.25, 0.3) is 5.88 Å². The predicted octanol–water partition coefficient (Wildman–Crippen LogP) is 3.49. The molecule has 16 heavy (non-hydrogen) atoms. The molecule has 0 amide bonds. The predicted molar refractivity (Wildman–Crippen MR) is 62.8 cm³/mol. The van der Waals surface area contributed by atoms with Crippen LogP contribution in [0, 0.1) is 3.57 Å². The van der Waals surface area contributed by atoms with Gasteiger partial charge in [0.05, 0.1) is 10.7 Å². The Hall–Kier alpha value is -0.250. The summed E-state index contributed by atoms with van der Waals surface area (Å²) < 4.78 is 45.4. The van der Waals surface area contributed by atoms with E-state index >= 15 is 0 Å². The van der Waals surface area contributed by atoms with Crippen molar-refractivity contribution < 1.29 is 22.6 Å². The minimum absolute atomic E-state index is 0.188. The average Bonchev–Trinajstić information content (AvgIpc) is 2.19. The Balaban J connectivity index is 3.21. The van der Waals surface area contributed by atoms with Crippen LogP contribution < -0.4 is 9.47 Å². The first-order valence-corrected chi connectivity index (χ1v) is 6.12. The molecule has 0 unspecified atom stereocenters. The quantitative estimate of drug-likeness (QED) is 0.563. The smallest absolute Gasteiger partial charge is 0.478 e. The molecule has 0 radical (unpaired) electrons. The lowest BCUT2D eigenvalue weighted by atomic mass is 10.3. The molecule has 1 aromatic rings. The lowest BCUT2D eigenvalue weighted by molar-refractivity contribution is -0.275. The Morgan fingerprint density at radius 3 is 2.56 bits per heavy atom. The van der Waals surface area contributed by atoms with Crippen molar-refractivity contribution in [3.63, 3.8) is 0 Å². The fourth-order valence-corrected chi connectivity index (χ4v) is 2.55. The van der Waals surface area contributed by atoms with E-state index in [0.29, 0.717) is 14.5 Å². The molecule has 8 heteroatoms. The maximum atomic E-state index is 12.2. The van der Waals surface area contributed by atoms with Gasteiger partial charge in [0.1, 0.15) is 0 Å². The first-order valence-electron chi connectivity index (χ1n) is 3.92. The summed E-state index contributed by atoms with van der Waals surface area (Å²) in [5.41, 5.74) is 0.598. The van der Waals surface area contributed by atoms with Crippen LogP contribution >= 0.6 is 38.5 Å². The molecule has 1 aromatic heterocycles. The fraction of sp³-hybridized carbons (Fsp3) is 0.375. The highest BCUT2D eigenvalue weighted by Crippen LogP contribution is 2.36. The highest BCUT2D eigenvalue weighted by atomic mass is 127. The number of ether oxygens (including phenoxy) is 2. The first-order chi connectivity index (χ1) is 7.39. The molecule has 3 nitrogen and oxygen atoms in total. The van der Waals surface area contributed by atoms with Crippen LogP contribution in [0.2, 0.25) is 0 Å². The van der Waals surface area contributed by atoms with Crippen LogP contribution in [0.15, 0.2) is 6.20 Å². The van der Waals surface area contributed by atoms with Gasteiger partial charge >= 0.3 is 6.36 Å². The largest absolute Gasteiger partial charge is 0.573 e. The lowest BCUT2D eigenvalue weighted by Crippen LogP contribution is -2.19. The summed E-state index contributed by atoms with van der Waals surface area (Å²) in [7, 11) is 1.23. The van der Waals surface area contributed by atoms with Crippen LogP contribution in [0.3, 0.4) is 0 Å². The Labute approximate surface area is 112 Å². The van der Waals surface area contributed by atoms with Gasteiger partial charge in [-0.1, -0.05) is 15.9 Å². The normalized spacial score (nSPS) is 11.4. The van der Waals surface area contributed by atoms with E-state index in [0.717, 1.165) is 0 Å². The third kappa shape index (κ3) is 3.37. The Morgan fingerprint density at radius 2 is 2.12 bits per heavy atom. The van der Waals surface area contributed by atoms with Gasteiger partial charge in [-0.25, -0.2) is 4.98 Å². The number of rotatable bonds is 3. The van der Waals surface area contributed by atoms with E-state index in [1.54, 1.807) is 22.6 Å². The minimum Gasteiger partial charge on any atom is -0.478 e. The van der Waals surface area contributed by atoms with Crippen molar-refractivity contribution in [1.82, 2.24) is 4.98 Å². The molecule has 0 fully saturated rings. The molecule has 0 aliphatic heterocycles. The highest BCUT2D eigenvalue weighted by molar-refractivity contribution is 14.1. The van der Waals surface area contributed by atoms with Crippen molar-refractivity contribution in [3.05, 3.63) is 15.3 Å². The van der Waals surface area contributed by atoms with Crippen molar-refractivity contribution in [2.24, 2.45) is 0 Å². The number of methoxy groups -OCH3 is 1. The summed E-state index contributed by atoms with van der Waals surface area (Å²) >= 11 is 4.90. The van der Waals surface area contributed by atoms with Gasteiger partial charge in [-0.3, -0.25) is 0 Å². The second-order valence-electron chi connectivity index (χ2n) is 2.62. The van der Waals surface area contributed by atoms with Gasteiger partial charge in [0.2, 0.25) is 5.75 Å². The molecule has 0 saturated carbocycles. The Kier molecular flexibility index (Phi) is 4.65. The van der Waals surface area contributed by atoms with Gasteiger partial charge in [0, 0.05) is 11.5 Å². The van der Waals surface area contributed by atoms with Gasteiger partial charge < -0.3 is 9.47 Å². The molecule has 1 heterocycles. The monoisotopic (exact) mass is 411 g/mol. The third-order valence-electron chi connectivity index (χ3n) is 1.57. The van der Waals surface area contributed by atoms with E-state index in [1.165, 1.54) is 13.3 Å². The zero-order valence-corrected chi connectivity index (χ0v) is 11.7. The van der Waals surface area contributed by atoms with Gasteiger partial charge in [-0.2, -0.15) is 0 Å². The van der Waals surface area contributed by atoms with Crippen molar-refractivity contribution in [2.45, 2.75) is 11.7 Å². The molecule has 0 aliphatic rings. The molecule has 0 aliphatic carbocycles. The zero-order valence-electron chi connectivity index (χ0n) is 7.94. The third-order valence-corrected chi connectivity index (χ3v) is 3.36. The van der Waals surface area contributed by atoms with Crippen LogP contribution in [0.25, 0.3) is 0 Å². The number of hydrogen-bond acceptors (Lipinski definition) is 3. The standard InChI is InChI=1S/C8H6BrF3INO2/c1-15-7-6(16-8(10,11)12)5(13)4(2-9)3-14-7/h3H,2H2,1H3. The van der Waals surface area contributed by atoms with Crippen LogP contribution in [0.4, 0.5) is 13.2 Å². The van der Waals surface area contributed by atoms with E-state index in [4.69, 9.17) is 4.74 Å². The molecule has 0 saturated heterocycles. The van der Waals surface area contributed by atoms with Gasteiger partial charge in [0.15, 0.2) is 0 Å². The van der Waals surface area contributed by atoms with E-state index in [9.17, 15) is 13.2 Å². The SMILES string of the molecule is COc1ncc(CBr)c(I)c1OC(F)(F)F. The van der Waals surface area contributed by atoms with E-state index in [1.807, 2.05) is 0 Å². The fourth-order valence-electron chi connectivity index (χ4n) is 0.934. The number of alkyl halides is 4. The zero-order chi connectivity index (χ0) is 12.3. The molecule has 0 aromatic carbocycles. The van der Waals surface area contributed by atoms with Gasteiger partial charge in [-0.15, -0.1) is 13.2 Å². The molecule has 0 bridgehead atoms. The summed E-state index contributed by atoms with van der Waals surface area (Å²) in [6.07, 6.45) is -3.33. The van der Waals surface area contributed by atoms with Gasteiger partial charge in [-0.05, 0) is 28.2 Å². The molecule has 0 N–H and O–H groups in total. The maximum Gasteiger partial charge on any atom is 0.573 e. The van der Waals surface area contributed by atoms with E-state index < -0.39 is 12.1 Å². The molecule has 0 spiro atoms. The number of halogens is 5. The summed E-state index contributed by atoms with van der Waals surface area (Å²) in [6.45, 7) is 0. The second-order valence-corrected chi connectivity index (χ2v) is 4.26. The van der Waals surface area contributed by atoms with Crippen molar-refractivity contribution in [2.75, 3.05) is 7.11 Å². The molecular weight excluding hydrogens is 406 g/mol. The van der Waals surface area contributed by atoms with E-state index in [2.05, 4.69) is 25.7 Å². The number of aromatic nitrogens is 1. The van der Waals surface area contributed by atoms with E-state index in [-0.39, 0.29) is 5.88 Å². The molecule has 1 rings (SSSR count). The number of pyridine rings is 1. The topological polar surface area (TPSA) is 31.4 Å². The summed E-state index contributed by atoms with van der Waals surface area (Å²) in [5.74, 6) is -0.598. The summed E-state index contributed by atoms with van der Waals surface area (Å²) in [4.78, 5) is 3.73. The van der Waals surface area contributed by atoms with Crippen LogP contribution in [-0.2, 0) is 5.33 Å². The molecule has 90 valence electrons. The lowest BCUT2D eigenvalue weighted by Gasteiger charge is -2.14. The molecule has 0 atom stereocenters.